The summed E-state index contributed by atoms with van der Waals surface area (Å²) >= 11 is 11.3. The van der Waals surface area contributed by atoms with E-state index in [0.29, 0.717) is 13.1 Å². The van der Waals surface area contributed by atoms with Crippen LogP contribution < -0.4 is 0 Å². The van der Waals surface area contributed by atoms with Crippen molar-refractivity contribution in [3.8, 4) is 0 Å². The van der Waals surface area contributed by atoms with Crippen LogP contribution in [0.5, 0.6) is 0 Å². The summed E-state index contributed by atoms with van der Waals surface area (Å²) in [6.45, 7) is 10.5. The topological polar surface area (TPSA) is 106 Å². The van der Waals surface area contributed by atoms with Crippen LogP contribution in [0.1, 0.15) is 26.7 Å². The lowest BCUT2D eigenvalue weighted by atomic mass is 9.98. The van der Waals surface area contributed by atoms with Gasteiger partial charge in [0.15, 0.2) is 0 Å². The van der Waals surface area contributed by atoms with Crippen molar-refractivity contribution < 1.29 is 28.6 Å². The summed E-state index contributed by atoms with van der Waals surface area (Å²) in [7, 11) is 0. The quantitative estimate of drug-likeness (QED) is 0.143. The molecule has 1 atom stereocenters. The molecular formula is C19H28Cl2N2O6. The smallest absolute Gasteiger partial charge is 0.409 e. The van der Waals surface area contributed by atoms with E-state index in [2.05, 4.69) is 13.2 Å². The van der Waals surface area contributed by atoms with Crippen molar-refractivity contribution in [3.05, 3.63) is 24.3 Å². The van der Waals surface area contributed by atoms with Crippen molar-refractivity contribution in [1.29, 1.82) is 5.41 Å². The fourth-order valence-corrected chi connectivity index (χ4v) is 2.40. The summed E-state index contributed by atoms with van der Waals surface area (Å²) in [5, 5.41) is 6.99. The molecule has 0 aliphatic carbocycles. The molecular weight excluding hydrogens is 423 g/mol. The molecule has 0 rings (SSSR count). The average molecular weight is 451 g/mol. The molecule has 0 heterocycles. The van der Waals surface area contributed by atoms with Gasteiger partial charge in [-0.25, -0.2) is 14.4 Å². The van der Waals surface area contributed by atoms with E-state index >= 15 is 0 Å². The number of nitrogens with zero attached hydrogens (tertiary/aromatic N) is 1. The molecule has 8 nitrogen and oxygen atoms in total. The Morgan fingerprint density at radius 3 is 2.00 bits per heavy atom. The number of nitrogens with one attached hydrogen (secondary N) is 1. The lowest BCUT2D eigenvalue weighted by Crippen LogP contribution is -2.38. The number of carbonyl (C=O) groups is 3. The van der Waals surface area contributed by atoms with Crippen LogP contribution in [-0.4, -0.2) is 72.8 Å². The molecule has 0 bridgehead atoms. The van der Waals surface area contributed by atoms with Crippen LogP contribution >= 0.6 is 23.2 Å². The molecule has 0 spiro atoms. The Hall–Kier alpha value is -2.06. The molecule has 0 aromatic rings. The molecule has 164 valence electrons. The van der Waals surface area contributed by atoms with E-state index < -0.39 is 23.6 Å². The number of alkyl halides is 2. The summed E-state index contributed by atoms with van der Waals surface area (Å²) in [5.74, 6) is -0.865. The highest BCUT2D eigenvalue weighted by Crippen LogP contribution is 2.22. The maximum Gasteiger partial charge on any atom is 0.409 e. The third-order valence-electron chi connectivity index (χ3n) is 3.81. The second-order valence-corrected chi connectivity index (χ2v) is 7.16. The third kappa shape index (κ3) is 10.9. The van der Waals surface area contributed by atoms with E-state index in [0.717, 1.165) is 6.21 Å². The first kappa shape index (κ1) is 26.9. The van der Waals surface area contributed by atoms with E-state index in [-0.39, 0.29) is 49.0 Å². The van der Waals surface area contributed by atoms with Crippen molar-refractivity contribution in [2.45, 2.75) is 32.3 Å². The third-order valence-corrected chi connectivity index (χ3v) is 4.15. The maximum atomic E-state index is 12.1. The summed E-state index contributed by atoms with van der Waals surface area (Å²) in [6, 6.07) is 0. The first-order valence-electron chi connectivity index (χ1n) is 8.89. The summed E-state index contributed by atoms with van der Waals surface area (Å²) in [5.41, 5.74) is -0.970. The zero-order valence-electron chi connectivity index (χ0n) is 16.8. The largest absolute Gasteiger partial charge is 0.462 e. The van der Waals surface area contributed by atoms with Gasteiger partial charge in [-0.1, -0.05) is 13.2 Å². The highest BCUT2D eigenvalue weighted by Gasteiger charge is 2.30. The summed E-state index contributed by atoms with van der Waals surface area (Å²) in [6.07, 6.45) is 0.521. The predicted octanol–water partition coefficient (Wildman–Crippen LogP) is 3.31. The van der Waals surface area contributed by atoms with Crippen molar-refractivity contribution in [3.63, 3.8) is 0 Å². The Labute approximate surface area is 181 Å². The molecule has 10 heteroatoms. The molecule has 0 aromatic carbocycles. The monoisotopic (exact) mass is 450 g/mol. The van der Waals surface area contributed by atoms with Crippen LogP contribution in [0.4, 0.5) is 4.79 Å². The van der Waals surface area contributed by atoms with Crippen molar-refractivity contribution in [1.82, 2.24) is 4.90 Å². The van der Waals surface area contributed by atoms with Gasteiger partial charge in [0.05, 0.1) is 18.8 Å². The predicted molar refractivity (Wildman–Crippen MR) is 112 cm³/mol. The minimum absolute atomic E-state index is 0.0406. The molecule has 0 fully saturated rings. The van der Waals surface area contributed by atoms with Gasteiger partial charge in [0, 0.05) is 49.5 Å². The number of amides is 1. The fourth-order valence-electron chi connectivity index (χ4n) is 1.99. The molecule has 0 radical (unpaired) electrons. The second-order valence-electron chi connectivity index (χ2n) is 6.40. The lowest BCUT2D eigenvalue weighted by molar-refractivity contribution is -0.157. The molecule has 0 saturated carbocycles. The Morgan fingerprint density at radius 1 is 1.03 bits per heavy atom. The van der Waals surface area contributed by atoms with Gasteiger partial charge in [-0.15, -0.1) is 23.2 Å². The van der Waals surface area contributed by atoms with Gasteiger partial charge in [-0.2, -0.15) is 0 Å². The number of halogens is 2. The highest BCUT2D eigenvalue weighted by molar-refractivity contribution is 6.18. The standard InChI is InChI=1S/C19H28Cl2N2O6/c1-14(2)16(24)29-19(4,5-11-27-17(25)15(3)13-22)6-12-28-18(26)23(9-7-20)10-8-21/h13,22H,1,3,5-12H2,2,4H3. The molecule has 0 saturated heterocycles. The molecule has 0 aliphatic heterocycles. The molecule has 29 heavy (non-hydrogen) atoms. The first-order chi connectivity index (χ1) is 13.6. The van der Waals surface area contributed by atoms with Crippen molar-refractivity contribution in [2.75, 3.05) is 38.1 Å². The number of hydrogen-bond acceptors (Lipinski definition) is 7. The maximum absolute atomic E-state index is 12.1. The van der Waals surface area contributed by atoms with Crippen LogP contribution in [-0.2, 0) is 23.8 Å². The normalized spacial score (nSPS) is 12.3. The summed E-state index contributed by atoms with van der Waals surface area (Å²) < 4.78 is 15.7. The number of carbonyl (C=O) groups excluding carboxylic acids is 3. The number of rotatable bonds is 14. The minimum atomic E-state index is -1.08. The second kappa shape index (κ2) is 14.0. The van der Waals surface area contributed by atoms with E-state index in [1.165, 1.54) is 11.8 Å². The van der Waals surface area contributed by atoms with Crippen LogP contribution in [0.15, 0.2) is 24.3 Å². The van der Waals surface area contributed by atoms with Gasteiger partial charge in [0.1, 0.15) is 5.60 Å². The zero-order chi connectivity index (χ0) is 22.4. The zero-order valence-corrected chi connectivity index (χ0v) is 18.3. The van der Waals surface area contributed by atoms with Crippen LogP contribution in [0.25, 0.3) is 0 Å². The first-order valence-corrected chi connectivity index (χ1v) is 9.96. The Bertz CT molecular complexity index is 620. The van der Waals surface area contributed by atoms with Gasteiger partial charge in [-0.3, -0.25) is 0 Å². The van der Waals surface area contributed by atoms with Gasteiger partial charge in [0.2, 0.25) is 0 Å². The van der Waals surface area contributed by atoms with E-state index in [9.17, 15) is 14.4 Å². The molecule has 1 N–H and O–H groups in total. The average Bonchev–Trinajstić information content (AvgIpc) is 2.66. The van der Waals surface area contributed by atoms with Crippen LogP contribution in [0.3, 0.4) is 0 Å². The minimum Gasteiger partial charge on any atom is -0.462 e. The van der Waals surface area contributed by atoms with E-state index in [4.69, 9.17) is 42.8 Å². The van der Waals surface area contributed by atoms with Crippen LogP contribution in [0, 0.1) is 5.41 Å². The number of ether oxygens (including phenoxy) is 3. The Balaban J connectivity index is 4.89. The lowest BCUT2D eigenvalue weighted by Gasteiger charge is -2.30. The Kier molecular flexibility index (Phi) is 13.0. The van der Waals surface area contributed by atoms with Crippen LogP contribution in [0.2, 0.25) is 0 Å². The SMILES string of the molecule is C=C(C)C(=O)OC(C)(CCOC(=O)C(=C)C=N)CCOC(=O)N(CCCl)CCCl. The van der Waals surface area contributed by atoms with Gasteiger partial charge in [-0.05, 0) is 13.8 Å². The van der Waals surface area contributed by atoms with Gasteiger partial charge >= 0.3 is 18.0 Å². The molecule has 0 aromatic heterocycles. The molecule has 1 amide bonds. The van der Waals surface area contributed by atoms with Crippen molar-refractivity contribution in [2.24, 2.45) is 0 Å². The fraction of sp³-hybridized carbons (Fsp3) is 0.579. The summed E-state index contributed by atoms with van der Waals surface area (Å²) in [4.78, 5) is 37.1. The van der Waals surface area contributed by atoms with Crippen molar-refractivity contribution >= 4 is 47.4 Å². The number of hydrogen-bond donors (Lipinski definition) is 1. The molecule has 0 aliphatic rings. The Morgan fingerprint density at radius 2 is 1.55 bits per heavy atom. The van der Waals surface area contributed by atoms with E-state index in [1.807, 2.05) is 0 Å². The van der Waals surface area contributed by atoms with Gasteiger partial charge < -0.3 is 24.5 Å². The molecule has 1 unspecified atom stereocenters. The highest BCUT2D eigenvalue weighted by atomic mass is 35.5. The van der Waals surface area contributed by atoms with E-state index in [1.54, 1.807) is 6.92 Å². The van der Waals surface area contributed by atoms with Gasteiger partial charge in [0.25, 0.3) is 0 Å². The number of esters is 2.